The van der Waals surface area contributed by atoms with Crippen LogP contribution >= 0.6 is 0 Å². The van der Waals surface area contributed by atoms with Gasteiger partial charge < -0.3 is 4.74 Å². The topological polar surface area (TPSA) is 9.23 Å². The zero-order valence-electron chi connectivity index (χ0n) is 9.26. The fraction of sp³-hybridized carbons (Fsp3) is 0.846. The molecule has 1 heteroatoms. The molecule has 1 heterocycles. The molecule has 0 amide bonds. The molecule has 0 aromatic rings. The van der Waals surface area contributed by atoms with E-state index in [9.17, 15) is 0 Å². The molecule has 1 aliphatic heterocycles. The minimum Gasteiger partial charge on any atom is -0.373 e. The average Bonchev–Trinajstić information content (AvgIpc) is 2.49. The van der Waals surface area contributed by atoms with Crippen molar-refractivity contribution in [2.75, 3.05) is 6.61 Å². The highest BCUT2D eigenvalue weighted by Gasteiger charge is 2.87. The third-order valence-electron chi connectivity index (χ3n) is 6.08. The van der Waals surface area contributed by atoms with E-state index in [0.717, 1.165) is 18.4 Å². The Morgan fingerprint density at radius 2 is 2.21 bits per heavy atom. The Bertz CT molecular complexity index is 371. The smallest absolute Gasteiger partial charge is 0.0881 e. The van der Waals surface area contributed by atoms with Crippen LogP contribution in [0.15, 0.2) is 11.6 Å². The summed E-state index contributed by atoms with van der Waals surface area (Å²) in [4.78, 5) is 0. The predicted molar refractivity (Wildman–Crippen MR) is 54.9 cm³/mol. The van der Waals surface area contributed by atoms with Crippen LogP contribution in [0, 0.1) is 22.7 Å². The van der Waals surface area contributed by atoms with Crippen molar-refractivity contribution in [2.24, 2.45) is 22.7 Å². The van der Waals surface area contributed by atoms with Crippen molar-refractivity contribution in [2.45, 2.75) is 39.2 Å². The summed E-state index contributed by atoms with van der Waals surface area (Å²) in [5.74, 6) is 1.58. The quantitative estimate of drug-likeness (QED) is 0.534. The van der Waals surface area contributed by atoms with E-state index in [0.29, 0.717) is 10.8 Å². The number of hydrogen-bond acceptors (Lipinski definition) is 1. The summed E-state index contributed by atoms with van der Waals surface area (Å²) in [6, 6.07) is 0. The van der Waals surface area contributed by atoms with Gasteiger partial charge in [-0.05, 0) is 25.2 Å². The summed E-state index contributed by atoms with van der Waals surface area (Å²) in [7, 11) is 0. The zero-order chi connectivity index (χ0) is 9.77. The normalized spacial score (nSPS) is 67.8. The number of ether oxygens (including phenoxy) is 1. The lowest BCUT2D eigenvalue weighted by Crippen LogP contribution is -2.41. The Kier molecular flexibility index (Phi) is 0.979. The van der Waals surface area contributed by atoms with Gasteiger partial charge in [-0.15, -0.1) is 0 Å². The molecule has 2 saturated carbocycles. The average molecular weight is 190 g/mol. The highest BCUT2D eigenvalue weighted by molar-refractivity contribution is 5.50. The van der Waals surface area contributed by atoms with Gasteiger partial charge in [0.1, 0.15) is 0 Å². The number of hydrogen-bond donors (Lipinski definition) is 0. The second-order valence-electron chi connectivity index (χ2n) is 6.33. The SMILES string of the molecule is CC1=C[C@H]2[C@]3(C)CCO[C@]24[C@@H](C3)[C@]14C. The first-order valence-corrected chi connectivity index (χ1v) is 5.88. The van der Waals surface area contributed by atoms with Crippen LogP contribution in [-0.2, 0) is 4.74 Å². The third-order valence-corrected chi connectivity index (χ3v) is 6.08. The first-order valence-electron chi connectivity index (χ1n) is 5.88. The maximum absolute atomic E-state index is 6.20. The van der Waals surface area contributed by atoms with Gasteiger partial charge in [0.05, 0.1) is 5.60 Å². The van der Waals surface area contributed by atoms with Crippen molar-refractivity contribution < 1.29 is 4.74 Å². The van der Waals surface area contributed by atoms with Crippen molar-refractivity contribution in [1.82, 2.24) is 0 Å². The lowest BCUT2D eigenvalue weighted by Gasteiger charge is -2.40. The first-order chi connectivity index (χ1) is 6.56. The zero-order valence-corrected chi connectivity index (χ0v) is 9.26. The van der Waals surface area contributed by atoms with Gasteiger partial charge in [-0.2, -0.15) is 0 Å². The fourth-order valence-electron chi connectivity index (χ4n) is 5.09. The second-order valence-corrected chi connectivity index (χ2v) is 6.33. The van der Waals surface area contributed by atoms with Crippen LogP contribution in [0.3, 0.4) is 0 Å². The van der Waals surface area contributed by atoms with Crippen molar-refractivity contribution in [3.63, 3.8) is 0 Å². The molecule has 4 rings (SSSR count). The van der Waals surface area contributed by atoms with Crippen molar-refractivity contribution in [3.05, 3.63) is 11.6 Å². The van der Waals surface area contributed by atoms with Gasteiger partial charge in [0.25, 0.3) is 0 Å². The van der Waals surface area contributed by atoms with Crippen LogP contribution < -0.4 is 0 Å². The molecule has 3 aliphatic carbocycles. The maximum Gasteiger partial charge on any atom is 0.0881 e. The van der Waals surface area contributed by atoms with Crippen LogP contribution in [0.4, 0.5) is 0 Å². The second kappa shape index (κ2) is 1.73. The van der Waals surface area contributed by atoms with Crippen molar-refractivity contribution >= 4 is 0 Å². The summed E-state index contributed by atoms with van der Waals surface area (Å²) in [6.45, 7) is 8.22. The Hall–Kier alpha value is -0.300. The Balaban J connectivity index is 1.95. The summed E-state index contributed by atoms with van der Waals surface area (Å²) >= 11 is 0. The molecular weight excluding hydrogens is 172 g/mol. The van der Waals surface area contributed by atoms with Gasteiger partial charge in [-0.1, -0.05) is 25.5 Å². The van der Waals surface area contributed by atoms with Gasteiger partial charge in [0.15, 0.2) is 0 Å². The molecule has 14 heavy (non-hydrogen) atoms. The summed E-state index contributed by atoms with van der Waals surface area (Å²) in [5, 5.41) is 0. The fourth-order valence-corrected chi connectivity index (χ4v) is 5.09. The van der Waals surface area contributed by atoms with Gasteiger partial charge in [0, 0.05) is 23.9 Å². The van der Waals surface area contributed by atoms with E-state index in [2.05, 4.69) is 26.8 Å². The first kappa shape index (κ1) is 7.92. The molecule has 0 aromatic carbocycles. The molecule has 3 fully saturated rings. The Morgan fingerprint density at radius 1 is 1.43 bits per heavy atom. The van der Waals surface area contributed by atoms with E-state index in [-0.39, 0.29) is 5.60 Å². The Labute approximate surface area is 85.5 Å². The Morgan fingerprint density at radius 3 is 2.93 bits per heavy atom. The van der Waals surface area contributed by atoms with E-state index in [1.165, 1.54) is 12.8 Å². The minimum absolute atomic E-state index is 0.268. The number of rotatable bonds is 0. The van der Waals surface area contributed by atoms with Crippen LogP contribution in [0.1, 0.15) is 33.6 Å². The van der Waals surface area contributed by atoms with Gasteiger partial charge in [0.2, 0.25) is 0 Å². The molecule has 0 N–H and O–H groups in total. The van der Waals surface area contributed by atoms with E-state index in [1.807, 2.05) is 0 Å². The lowest BCUT2D eigenvalue weighted by atomic mass is 9.71. The standard InChI is InChI=1S/C13H18O/c1-8-6-9-11(2)4-5-14-13(9)10(7-11)12(8,13)3/h6,9-10H,4-5,7H2,1-3H3/t9-,10-,11+,12-,13-/m0/s1. The van der Waals surface area contributed by atoms with E-state index in [1.54, 1.807) is 5.57 Å². The molecule has 0 unspecified atom stereocenters. The van der Waals surface area contributed by atoms with E-state index in [4.69, 9.17) is 4.74 Å². The largest absolute Gasteiger partial charge is 0.373 e. The molecular formula is C13H18O. The van der Waals surface area contributed by atoms with E-state index < -0.39 is 0 Å². The monoisotopic (exact) mass is 190 g/mol. The highest BCUT2D eigenvalue weighted by atomic mass is 16.5. The van der Waals surface area contributed by atoms with E-state index >= 15 is 0 Å². The molecule has 2 bridgehead atoms. The predicted octanol–water partition coefficient (Wildman–Crippen LogP) is 2.77. The van der Waals surface area contributed by atoms with Crippen molar-refractivity contribution in [3.8, 4) is 0 Å². The van der Waals surface area contributed by atoms with Crippen LogP contribution in [0.2, 0.25) is 0 Å². The van der Waals surface area contributed by atoms with Crippen LogP contribution in [0.25, 0.3) is 0 Å². The molecule has 1 spiro atoms. The van der Waals surface area contributed by atoms with Crippen LogP contribution in [-0.4, -0.2) is 12.2 Å². The molecule has 5 atom stereocenters. The minimum atomic E-state index is 0.268. The maximum atomic E-state index is 6.20. The van der Waals surface area contributed by atoms with Crippen LogP contribution in [0.5, 0.6) is 0 Å². The van der Waals surface area contributed by atoms with Gasteiger partial charge in [-0.25, -0.2) is 0 Å². The number of fused-ring (bicyclic) bond motifs is 1. The molecule has 1 saturated heterocycles. The van der Waals surface area contributed by atoms with Gasteiger partial charge in [-0.3, -0.25) is 0 Å². The van der Waals surface area contributed by atoms with Gasteiger partial charge >= 0.3 is 0 Å². The third kappa shape index (κ3) is 0.465. The summed E-state index contributed by atoms with van der Waals surface area (Å²) < 4.78 is 6.20. The lowest BCUT2D eigenvalue weighted by molar-refractivity contribution is -0.0821. The summed E-state index contributed by atoms with van der Waals surface area (Å²) in [6.07, 6.45) is 5.21. The van der Waals surface area contributed by atoms with Crippen molar-refractivity contribution in [1.29, 1.82) is 0 Å². The molecule has 76 valence electrons. The summed E-state index contributed by atoms with van der Waals surface area (Å²) in [5.41, 5.74) is 2.88. The molecule has 0 radical (unpaired) electrons. The highest BCUT2D eigenvalue weighted by Crippen LogP contribution is 2.86. The molecule has 0 aromatic heterocycles. The molecule has 1 nitrogen and oxygen atoms in total. The molecule has 4 aliphatic rings.